The molecule has 1 atom stereocenters. The van der Waals surface area contributed by atoms with E-state index in [1.165, 1.54) is 5.56 Å². The lowest BCUT2D eigenvalue weighted by Crippen LogP contribution is -2.40. The molecule has 1 aromatic rings. The van der Waals surface area contributed by atoms with Crippen molar-refractivity contribution in [2.24, 2.45) is 16.8 Å². The zero-order valence-corrected chi connectivity index (χ0v) is 16.6. The van der Waals surface area contributed by atoms with E-state index in [2.05, 4.69) is 55.3 Å². The molecule has 1 aliphatic heterocycles. The standard InChI is InChI=1S/C21H35N3O2/c1-4-22-21(23-11-13-25-15-18(2)3)24-12-10-20(14-24)17-26-16-19-8-6-5-7-9-19/h5-9,18,20H,4,10-17H2,1-3H3,(H,22,23). The smallest absolute Gasteiger partial charge is 0.194 e. The number of aliphatic imine (C=N–C) groups is 1. The van der Waals surface area contributed by atoms with Gasteiger partial charge in [0.25, 0.3) is 0 Å². The van der Waals surface area contributed by atoms with E-state index in [-0.39, 0.29) is 0 Å². The van der Waals surface area contributed by atoms with Gasteiger partial charge in [-0.15, -0.1) is 0 Å². The van der Waals surface area contributed by atoms with Gasteiger partial charge < -0.3 is 19.7 Å². The van der Waals surface area contributed by atoms with Gasteiger partial charge in [0.2, 0.25) is 0 Å². The molecule has 5 heteroatoms. The van der Waals surface area contributed by atoms with Crippen LogP contribution in [0.1, 0.15) is 32.8 Å². The Balaban J connectivity index is 1.70. The third-order valence-corrected chi connectivity index (χ3v) is 4.33. The zero-order chi connectivity index (χ0) is 18.6. The predicted octanol–water partition coefficient (Wildman–Crippen LogP) is 3.16. The second-order valence-corrected chi connectivity index (χ2v) is 7.31. The maximum Gasteiger partial charge on any atom is 0.194 e. The van der Waals surface area contributed by atoms with Crippen molar-refractivity contribution in [2.45, 2.75) is 33.8 Å². The van der Waals surface area contributed by atoms with Gasteiger partial charge >= 0.3 is 0 Å². The molecule has 0 aromatic heterocycles. The van der Waals surface area contributed by atoms with Gasteiger partial charge in [0.05, 0.1) is 26.4 Å². The van der Waals surface area contributed by atoms with Crippen LogP contribution in [0.5, 0.6) is 0 Å². The van der Waals surface area contributed by atoms with Gasteiger partial charge in [-0.1, -0.05) is 44.2 Å². The first-order chi connectivity index (χ1) is 12.7. The van der Waals surface area contributed by atoms with Gasteiger partial charge in [0.1, 0.15) is 0 Å². The molecule has 1 saturated heterocycles. The van der Waals surface area contributed by atoms with Crippen LogP contribution in [0.25, 0.3) is 0 Å². The van der Waals surface area contributed by atoms with Crippen LogP contribution < -0.4 is 5.32 Å². The fourth-order valence-electron chi connectivity index (χ4n) is 3.04. The van der Waals surface area contributed by atoms with Crippen LogP contribution in [-0.4, -0.2) is 56.9 Å². The fraction of sp³-hybridized carbons (Fsp3) is 0.667. The molecule has 0 spiro atoms. The van der Waals surface area contributed by atoms with Gasteiger partial charge in [0.15, 0.2) is 5.96 Å². The van der Waals surface area contributed by atoms with E-state index in [4.69, 9.17) is 14.5 Å². The van der Waals surface area contributed by atoms with Gasteiger partial charge in [-0.05, 0) is 24.8 Å². The van der Waals surface area contributed by atoms with Crippen molar-refractivity contribution in [2.75, 3.05) is 46.0 Å². The van der Waals surface area contributed by atoms with Gasteiger partial charge in [-0.25, -0.2) is 0 Å². The lowest BCUT2D eigenvalue weighted by Gasteiger charge is -2.21. The highest BCUT2D eigenvalue weighted by Gasteiger charge is 2.24. The molecule has 26 heavy (non-hydrogen) atoms. The summed E-state index contributed by atoms with van der Waals surface area (Å²) in [4.78, 5) is 7.07. The van der Waals surface area contributed by atoms with Crippen LogP contribution >= 0.6 is 0 Å². The second kappa shape index (κ2) is 11.9. The number of ether oxygens (including phenoxy) is 2. The highest BCUT2D eigenvalue weighted by Crippen LogP contribution is 2.17. The van der Waals surface area contributed by atoms with Crippen molar-refractivity contribution in [3.63, 3.8) is 0 Å². The Morgan fingerprint density at radius 1 is 1.27 bits per heavy atom. The molecule has 0 aliphatic carbocycles. The van der Waals surface area contributed by atoms with Crippen LogP contribution in [-0.2, 0) is 16.1 Å². The van der Waals surface area contributed by atoms with Crippen molar-refractivity contribution in [1.82, 2.24) is 10.2 Å². The number of hydrogen-bond donors (Lipinski definition) is 1. The summed E-state index contributed by atoms with van der Waals surface area (Å²) in [6, 6.07) is 10.4. The normalized spacial score (nSPS) is 17.9. The number of likely N-dealkylation sites (tertiary alicyclic amines) is 1. The topological polar surface area (TPSA) is 46.1 Å². The van der Waals surface area contributed by atoms with Crippen LogP contribution in [0.3, 0.4) is 0 Å². The Hall–Kier alpha value is -1.59. The first kappa shape index (κ1) is 20.7. The molecular formula is C21H35N3O2. The Labute approximate surface area is 158 Å². The molecule has 0 amide bonds. The Kier molecular flexibility index (Phi) is 9.50. The number of benzene rings is 1. The van der Waals surface area contributed by atoms with Crippen molar-refractivity contribution in [3.8, 4) is 0 Å². The zero-order valence-electron chi connectivity index (χ0n) is 16.6. The maximum absolute atomic E-state index is 5.92. The molecule has 1 unspecified atom stereocenters. The first-order valence-electron chi connectivity index (χ1n) is 9.91. The third-order valence-electron chi connectivity index (χ3n) is 4.33. The molecule has 146 valence electrons. The molecule has 1 aliphatic rings. The largest absolute Gasteiger partial charge is 0.379 e. The van der Waals surface area contributed by atoms with Gasteiger partial charge in [0, 0.05) is 32.2 Å². The van der Waals surface area contributed by atoms with Crippen LogP contribution in [0.15, 0.2) is 35.3 Å². The van der Waals surface area contributed by atoms with Crippen LogP contribution in [0.4, 0.5) is 0 Å². The molecular weight excluding hydrogens is 326 g/mol. The van der Waals surface area contributed by atoms with Crippen molar-refractivity contribution >= 4 is 5.96 Å². The molecule has 0 saturated carbocycles. The SMILES string of the molecule is CCNC(=NCCOCC(C)C)N1CCC(COCc2ccccc2)C1. The highest BCUT2D eigenvalue weighted by molar-refractivity contribution is 5.80. The first-order valence-corrected chi connectivity index (χ1v) is 9.91. The van der Waals surface area contributed by atoms with Gasteiger partial charge in [-0.3, -0.25) is 4.99 Å². The average Bonchev–Trinajstić information content (AvgIpc) is 3.10. The van der Waals surface area contributed by atoms with Gasteiger partial charge in [-0.2, -0.15) is 0 Å². The highest BCUT2D eigenvalue weighted by atomic mass is 16.5. The van der Waals surface area contributed by atoms with E-state index in [1.807, 2.05) is 6.07 Å². The van der Waals surface area contributed by atoms with Crippen LogP contribution in [0, 0.1) is 11.8 Å². The molecule has 0 bridgehead atoms. The predicted molar refractivity (Wildman–Crippen MR) is 107 cm³/mol. The summed E-state index contributed by atoms with van der Waals surface area (Å²) in [5.41, 5.74) is 1.23. The van der Waals surface area contributed by atoms with E-state index in [9.17, 15) is 0 Å². The summed E-state index contributed by atoms with van der Waals surface area (Å²) in [5, 5.41) is 3.41. The summed E-state index contributed by atoms with van der Waals surface area (Å²) in [5.74, 6) is 2.15. The maximum atomic E-state index is 5.92. The van der Waals surface area contributed by atoms with E-state index in [0.29, 0.717) is 31.6 Å². The lowest BCUT2D eigenvalue weighted by molar-refractivity contribution is 0.0906. The monoisotopic (exact) mass is 361 g/mol. The molecule has 5 nitrogen and oxygen atoms in total. The second-order valence-electron chi connectivity index (χ2n) is 7.31. The number of hydrogen-bond acceptors (Lipinski definition) is 3. The lowest BCUT2D eigenvalue weighted by atomic mass is 10.1. The quantitative estimate of drug-likeness (QED) is 0.395. The number of nitrogens with zero attached hydrogens (tertiary/aromatic N) is 2. The van der Waals surface area contributed by atoms with E-state index in [0.717, 1.165) is 45.2 Å². The van der Waals surface area contributed by atoms with E-state index in [1.54, 1.807) is 0 Å². The minimum absolute atomic E-state index is 0.569. The summed E-state index contributed by atoms with van der Waals surface area (Å²) in [6.07, 6.45) is 1.16. The number of rotatable bonds is 10. The number of guanidine groups is 1. The van der Waals surface area contributed by atoms with Crippen LogP contribution in [0.2, 0.25) is 0 Å². The van der Waals surface area contributed by atoms with E-state index >= 15 is 0 Å². The molecule has 1 aromatic carbocycles. The molecule has 1 fully saturated rings. The Morgan fingerprint density at radius 3 is 2.81 bits per heavy atom. The minimum atomic E-state index is 0.569. The number of nitrogens with one attached hydrogen (secondary N) is 1. The molecule has 1 heterocycles. The minimum Gasteiger partial charge on any atom is -0.379 e. The Bertz CT molecular complexity index is 519. The summed E-state index contributed by atoms with van der Waals surface area (Å²) >= 11 is 0. The van der Waals surface area contributed by atoms with Crippen molar-refractivity contribution < 1.29 is 9.47 Å². The molecule has 0 radical (unpaired) electrons. The average molecular weight is 362 g/mol. The van der Waals surface area contributed by atoms with E-state index < -0.39 is 0 Å². The molecule has 1 N–H and O–H groups in total. The van der Waals surface area contributed by atoms with Crippen molar-refractivity contribution in [3.05, 3.63) is 35.9 Å². The summed E-state index contributed by atoms with van der Waals surface area (Å²) in [7, 11) is 0. The summed E-state index contributed by atoms with van der Waals surface area (Å²) in [6.45, 7) is 13.1. The Morgan fingerprint density at radius 2 is 2.08 bits per heavy atom. The summed E-state index contributed by atoms with van der Waals surface area (Å²) < 4.78 is 11.5. The fourth-order valence-corrected chi connectivity index (χ4v) is 3.04. The third kappa shape index (κ3) is 7.75. The molecule has 2 rings (SSSR count). The van der Waals surface area contributed by atoms with Crippen molar-refractivity contribution in [1.29, 1.82) is 0 Å².